The first-order valence-corrected chi connectivity index (χ1v) is 21.9. The van der Waals surface area contributed by atoms with Gasteiger partial charge in [0, 0.05) is 59.7 Å². The van der Waals surface area contributed by atoms with Crippen molar-refractivity contribution in [2.45, 2.75) is 68.7 Å². The smallest absolute Gasteiger partial charge is 0.348 e. The minimum Gasteiger partial charge on any atom is -0.348 e. The molecule has 9 rings (SSSR count). The molecule has 3 aliphatic rings. The number of nitrogens with two attached hydrogens (primary N) is 1. The van der Waals surface area contributed by atoms with Gasteiger partial charge in [0.2, 0.25) is 15.9 Å². The van der Waals surface area contributed by atoms with Gasteiger partial charge in [-0.25, -0.2) is 22.2 Å². The number of thiazole rings is 1. The van der Waals surface area contributed by atoms with E-state index in [9.17, 15) is 35.2 Å². The Bertz CT molecular complexity index is 2860. The molecular weight excluding hydrogens is 854 g/mol. The van der Waals surface area contributed by atoms with Crippen LogP contribution in [0.5, 0.6) is 0 Å². The van der Waals surface area contributed by atoms with Crippen LogP contribution < -0.4 is 20.7 Å². The molecule has 22 heteroatoms. The highest BCUT2D eigenvalue weighted by Crippen LogP contribution is 2.68. The summed E-state index contributed by atoms with van der Waals surface area (Å²) in [6, 6.07) is 8.17. The molecule has 2 fully saturated rings. The molecule has 1 saturated heterocycles. The zero-order valence-electron chi connectivity index (χ0n) is 32.6. The van der Waals surface area contributed by atoms with Crippen LogP contribution in [0.2, 0.25) is 0 Å². The maximum Gasteiger partial charge on any atom is 0.435 e. The van der Waals surface area contributed by atoms with Crippen LogP contribution in [-0.2, 0) is 46.9 Å². The summed E-state index contributed by atoms with van der Waals surface area (Å²) >= 11 is 1.33. The van der Waals surface area contributed by atoms with Gasteiger partial charge in [0.25, 0.3) is 5.92 Å². The molecule has 6 aromatic rings. The number of nitrogens with one attached hydrogen (secondary N) is 2. The average Bonchev–Trinajstić information content (AvgIpc) is 3.41. The van der Waals surface area contributed by atoms with Crippen LogP contribution in [0.15, 0.2) is 42.5 Å². The summed E-state index contributed by atoms with van der Waals surface area (Å²) < 4.78 is 132. The number of aryl methyl sites for hydroxylation is 1. The number of para-hydroxylation sites is 1. The molecular formula is C39H37F7N10O3S2. The van der Waals surface area contributed by atoms with E-state index in [-0.39, 0.29) is 41.1 Å². The molecule has 2 aliphatic carbocycles. The third-order valence-electron chi connectivity index (χ3n) is 11.5. The van der Waals surface area contributed by atoms with Crippen molar-refractivity contribution in [1.82, 2.24) is 34.8 Å². The highest BCUT2D eigenvalue weighted by molar-refractivity contribution is 7.92. The van der Waals surface area contributed by atoms with E-state index in [1.54, 1.807) is 31.3 Å². The molecule has 1 amide bonds. The second kappa shape index (κ2) is 14.1. The first-order valence-electron chi connectivity index (χ1n) is 19.2. The number of carbonyl (C=O) groups is 1. The van der Waals surface area contributed by atoms with Gasteiger partial charge < -0.3 is 16.0 Å². The van der Waals surface area contributed by atoms with E-state index >= 15 is 8.78 Å². The molecule has 2 aromatic carbocycles. The SMILES string of the molecule is Cn1nc(NS(C)(=O)=O)c2cccc(-c3cc4sc(N5CCC(C)(N)CC5)nc4nc3C(Cc3cc(F)cc(F)c3)NC(=O)Cn3nc(C(F)(F)F)c4c3C(F)(F)[C@@H]3CC43)c21. The third-order valence-corrected chi connectivity index (χ3v) is 13.2. The van der Waals surface area contributed by atoms with Crippen LogP contribution in [-0.4, -0.2) is 68.7 Å². The lowest BCUT2D eigenvalue weighted by Crippen LogP contribution is -2.48. The Hall–Kier alpha value is -5.35. The zero-order chi connectivity index (χ0) is 43.6. The fourth-order valence-electron chi connectivity index (χ4n) is 8.65. The number of nitrogens with zero attached hydrogens (tertiary/aromatic N) is 7. The molecule has 2 unspecified atom stereocenters. The molecule has 61 heavy (non-hydrogen) atoms. The minimum atomic E-state index is -5.06. The highest BCUT2D eigenvalue weighted by Gasteiger charge is 2.68. The number of alkyl halides is 5. The van der Waals surface area contributed by atoms with E-state index in [0.717, 1.165) is 18.4 Å². The molecule has 4 aromatic heterocycles. The first kappa shape index (κ1) is 41.0. The molecule has 13 nitrogen and oxygen atoms in total. The normalized spacial score (nSPS) is 19.9. The number of carbonyl (C=O) groups excluding carboxylic acids is 1. The number of hydrogen-bond donors (Lipinski definition) is 3. The molecule has 0 spiro atoms. The lowest BCUT2D eigenvalue weighted by molar-refractivity contribution is -0.142. The van der Waals surface area contributed by atoms with Crippen molar-refractivity contribution < 1.29 is 43.9 Å². The van der Waals surface area contributed by atoms with Crippen LogP contribution in [0.3, 0.4) is 0 Å². The van der Waals surface area contributed by atoms with Crippen molar-refractivity contribution >= 4 is 59.5 Å². The van der Waals surface area contributed by atoms with Gasteiger partial charge in [-0.1, -0.05) is 23.5 Å². The Balaban J connectivity index is 1.19. The summed E-state index contributed by atoms with van der Waals surface area (Å²) in [5, 5.41) is 11.6. The van der Waals surface area contributed by atoms with Crippen molar-refractivity contribution in [3.8, 4) is 11.1 Å². The average molecular weight is 891 g/mol. The zero-order valence-corrected chi connectivity index (χ0v) is 34.3. The fraction of sp³-hybridized carbons (Fsp3) is 0.410. The Morgan fingerprint density at radius 2 is 1.75 bits per heavy atom. The number of hydrogen-bond acceptors (Lipinski definition) is 10. The lowest BCUT2D eigenvalue weighted by atomic mass is 9.91. The molecule has 3 atom stereocenters. The molecule has 1 aliphatic heterocycles. The van der Waals surface area contributed by atoms with Crippen molar-refractivity contribution in [2.75, 3.05) is 29.0 Å². The monoisotopic (exact) mass is 890 g/mol. The van der Waals surface area contributed by atoms with Gasteiger partial charge in [-0.3, -0.25) is 18.9 Å². The van der Waals surface area contributed by atoms with E-state index < -0.39 is 81.0 Å². The lowest BCUT2D eigenvalue weighted by Gasteiger charge is -2.36. The van der Waals surface area contributed by atoms with E-state index in [1.165, 1.54) is 16.0 Å². The van der Waals surface area contributed by atoms with Crippen LogP contribution >= 0.6 is 11.3 Å². The minimum absolute atomic E-state index is 0.0222. The fourth-order valence-corrected chi connectivity index (χ4v) is 10.1. The summed E-state index contributed by atoms with van der Waals surface area (Å²) in [5.41, 5.74) is 4.56. The number of benzene rings is 2. The number of sulfonamides is 1. The number of amides is 1. The number of pyridine rings is 1. The summed E-state index contributed by atoms with van der Waals surface area (Å²) in [5.74, 6) is -8.91. The summed E-state index contributed by atoms with van der Waals surface area (Å²) in [4.78, 5) is 25.9. The highest BCUT2D eigenvalue weighted by atomic mass is 32.2. The number of aromatic nitrogens is 6. The van der Waals surface area contributed by atoms with Gasteiger partial charge >= 0.3 is 6.18 Å². The van der Waals surface area contributed by atoms with Gasteiger partial charge in [0.05, 0.1) is 28.2 Å². The van der Waals surface area contributed by atoms with E-state index in [0.29, 0.717) is 68.5 Å². The first-order chi connectivity index (χ1) is 28.6. The molecule has 0 radical (unpaired) electrons. The number of fused-ring (bicyclic) bond motifs is 5. The van der Waals surface area contributed by atoms with Crippen LogP contribution in [0, 0.1) is 17.6 Å². The molecule has 322 valence electrons. The molecule has 0 bridgehead atoms. The van der Waals surface area contributed by atoms with Crippen molar-refractivity contribution in [2.24, 2.45) is 18.7 Å². The Kier molecular flexibility index (Phi) is 9.48. The van der Waals surface area contributed by atoms with Crippen molar-refractivity contribution in [3.05, 3.63) is 82.3 Å². The van der Waals surface area contributed by atoms with Gasteiger partial charge in [0.15, 0.2) is 22.3 Å². The number of piperidine rings is 1. The number of anilines is 2. The van der Waals surface area contributed by atoms with Crippen LogP contribution in [0.25, 0.3) is 32.4 Å². The maximum atomic E-state index is 15.5. The summed E-state index contributed by atoms with van der Waals surface area (Å²) in [7, 11) is -2.19. The Morgan fingerprint density at radius 3 is 2.43 bits per heavy atom. The number of rotatable bonds is 10. The quantitative estimate of drug-likeness (QED) is 0.126. The third kappa shape index (κ3) is 7.55. The van der Waals surface area contributed by atoms with Gasteiger partial charge in [-0.05, 0) is 68.4 Å². The molecule has 4 N–H and O–H groups in total. The molecule has 1 saturated carbocycles. The van der Waals surface area contributed by atoms with Crippen LogP contribution in [0.1, 0.15) is 66.4 Å². The topological polar surface area (TPSA) is 166 Å². The van der Waals surface area contributed by atoms with Gasteiger partial charge in [-0.15, -0.1) is 0 Å². The second-order valence-electron chi connectivity index (χ2n) is 16.4. The Labute approximate surface area is 347 Å². The van der Waals surface area contributed by atoms with Gasteiger partial charge in [0.1, 0.15) is 23.9 Å². The second-order valence-corrected chi connectivity index (χ2v) is 19.1. The van der Waals surface area contributed by atoms with E-state index in [1.807, 2.05) is 6.92 Å². The maximum absolute atomic E-state index is 15.5. The Morgan fingerprint density at radius 1 is 1.05 bits per heavy atom. The largest absolute Gasteiger partial charge is 0.435 e. The van der Waals surface area contributed by atoms with Crippen LogP contribution in [0.4, 0.5) is 41.7 Å². The van der Waals surface area contributed by atoms with Gasteiger partial charge in [-0.2, -0.15) is 37.1 Å². The standard InChI is InChI=1S/C39H37F7N10O3S2/c1-37(47)7-9-55(10-8-37)36-50-35-27(60-36)16-23(21-5-4-6-22-31(21)54(2)52-34(22)53-61(3,58)59)30(49-35)26(13-18-11-19(40)14-20(41)12-18)48-28(57)17-56-33-29(32(51-56)39(44,45)46)24-15-25(24)38(33,42)43/h4-6,11-12,14,16,24-26H,7-10,13,15,17,47H2,1-3H3,(H,48,57)(H,52,53)/t24?,25-,26?/m1/s1. The molecule has 5 heterocycles. The predicted octanol–water partition coefficient (Wildman–Crippen LogP) is 6.74. The predicted molar refractivity (Wildman–Crippen MR) is 213 cm³/mol. The number of halogens is 7. The van der Waals surface area contributed by atoms with Crippen molar-refractivity contribution in [1.29, 1.82) is 0 Å². The van der Waals surface area contributed by atoms with Crippen molar-refractivity contribution in [3.63, 3.8) is 0 Å². The van der Waals surface area contributed by atoms with E-state index in [4.69, 9.17) is 15.7 Å². The van der Waals surface area contributed by atoms with E-state index in [2.05, 4.69) is 25.1 Å². The summed E-state index contributed by atoms with van der Waals surface area (Å²) in [6.45, 7) is 2.14. The summed E-state index contributed by atoms with van der Waals surface area (Å²) in [6.07, 6.45) is -3.19.